The lowest BCUT2D eigenvalue weighted by atomic mass is 10.1. The van der Waals surface area contributed by atoms with E-state index < -0.39 is 0 Å². The second-order valence-electron chi connectivity index (χ2n) is 8.69. The van der Waals surface area contributed by atoms with Crippen molar-refractivity contribution in [3.05, 3.63) is 47.8 Å². The van der Waals surface area contributed by atoms with Crippen LogP contribution in [0, 0.1) is 0 Å². The summed E-state index contributed by atoms with van der Waals surface area (Å²) in [5, 5.41) is 0. The molecule has 0 spiro atoms. The van der Waals surface area contributed by atoms with Gasteiger partial charge in [-0.2, -0.15) is 4.98 Å². The number of fused-ring (bicyclic) bond motifs is 1. The molecule has 4 heterocycles. The predicted molar refractivity (Wildman–Crippen MR) is 129 cm³/mol. The van der Waals surface area contributed by atoms with E-state index in [1.165, 1.54) is 38.4 Å². The third-order valence-electron chi connectivity index (χ3n) is 6.69. The Labute approximate surface area is 188 Å². The van der Waals surface area contributed by atoms with Gasteiger partial charge in [0.1, 0.15) is 5.52 Å². The Morgan fingerprint density at radius 2 is 2.03 bits per heavy atom. The number of hydrogen-bond acceptors (Lipinski definition) is 8. The lowest BCUT2D eigenvalue weighted by Gasteiger charge is -2.49. The number of likely N-dealkylation sites (N-methyl/N-ethyl adjacent to an activating group) is 1. The van der Waals surface area contributed by atoms with Crippen LogP contribution in [-0.2, 0) is 0 Å². The molecule has 1 aromatic carbocycles. The van der Waals surface area contributed by atoms with Crippen LogP contribution in [0.15, 0.2) is 56.7 Å². The van der Waals surface area contributed by atoms with Gasteiger partial charge in [0.25, 0.3) is 6.01 Å². The van der Waals surface area contributed by atoms with Crippen LogP contribution in [0.3, 0.4) is 0 Å². The molecule has 1 aromatic heterocycles. The Bertz CT molecular complexity index is 1100. The molecule has 2 aromatic rings. The molecule has 5 rings (SSSR count). The summed E-state index contributed by atoms with van der Waals surface area (Å²) >= 11 is 0. The maximum absolute atomic E-state index is 5.64. The predicted octanol–water partition coefficient (Wildman–Crippen LogP) is 2.39. The van der Waals surface area contributed by atoms with Crippen LogP contribution in [0.2, 0.25) is 0 Å². The van der Waals surface area contributed by atoms with Crippen LogP contribution in [-0.4, -0.2) is 89.5 Å². The highest BCUT2D eigenvalue weighted by atomic mass is 16.4. The van der Waals surface area contributed by atoms with Crippen molar-refractivity contribution in [2.45, 2.75) is 19.9 Å². The van der Waals surface area contributed by atoms with E-state index in [1.807, 2.05) is 36.6 Å². The number of allylic oxidation sites excluding steroid dienone is 2. The van der Waals surface area contributed by atoms with Gasteiger partial charge in [-0.1, -0.05) is 6.92 Å². The van der Waals surface area contributed by atoms with Gasteiger partial charge >= 0.3 is 0 Å². The molecule has 2 N–H and O–H groups in total. The lowest BCUT2D eigenvalue weighted by molar-refractivity contribution is 0.0227. The number of nitrogens with zero attached hydrogens (tertiary/aromatic N) is 6. The van der Waals surface area contributed by atoms with Gasteiger partial charge in [0, 0.05) is 62.8 Å². The molecule has 3 aliphatic rings. The van der Waals surface area contributed by atoms with Crippen molar-refractivity contribution in [2.24, 2.45) is 9.98 Å². The summed E-state index contributed by atoms with van der Waals surface area (Å²) in [7, 11) is 0. The van der Waals surface area contributed by atoms with E-state index in [-0.39, 0.29) is 6.01 Å². The first-order chi connectivity index (χ1) is 15.6. The van der Waals surface area contributed by atoms with E-state index in [2.05, 4.69) is 38.5 Å². The monoisotopic (exact) mass is 433 g/mol. The number of aromatic nitrogens is 1. The molecule has 2 fully saturated rings. The summed E-state index contributed by atoms with van der Waals surface area (Å²) in [6, 6.07) is 6.67. The number of hydrogen-bond donors (Lipinski definition) is 1. The number of anilines is 1. The van der Waals surface area contributed by atoms with Crippen molar-refractivity contribution >= 4 is 28.5 Å². The Morgan fingerprint density at radius 1 is 1.22 bits per heavy atom. The van der Waals surface area contributed by atoms with Gasteiger partial charge in [0.2, 0.25) is 0 Å². The molecular formula is C24H31N7O. The van der Waals surface area contributed by atoms with Crippen LogP contribution in [0.5, 0.6) is 0 Å². The highest BCUT2D eigenvalue weighted by Gasteiger charge is 2.33. The largest absolute Gasteiger partial charge is 0.424 e. The van der Waals surface area contributed by atoms with Crippen molar-refractivity contribution in [1.82, 2.24) is 19.7 Å². The third kappa shape index (κ3) is 4.33. The van der Waals surface area contributed by atoms with Crippen LogP contribution in [0.4, 0.5) is 6.01 Å². The van der Waals surface area contributed by atoms with Crippen LogP contribution in [0.1, 0.15) is 19.4 Å². The van der Waals surface area contributed by atoms with Gasteiger partial charge in [-0.25, -0.2) is 0 Å². The molecule has 0 radical (unpaired) electrons. The summed E-state index contributed by atoms with van der Waals surface area (Å²) < 4.78 is 5.34. The fourth-order valence-corrected chi connectivity index (χ4v) is 4.50. The highest BCUT2D eigenvalue weighted by molar-refractivity contribution is 6.16. The quantitative estimate of drug-likeness (QED) is 0.779. The average molecular weight is 434 g/mol. The van der Waals surface area contributed by atoms with Crippen molar-refractivity contribution < 1.29 is 4.42 Å². The fourth-order valence-electron chi connectivity index (χ4n) is 4.50. The number of nitrogens with two attached hydrogens (primary N) is 1. The summed E-state index contributed by atoms with van der Waals surface area (Å²) in [4.78, 5) is 21.2. The molecule has 2 saturated heterocycles. The molecule has 0 aliphatic carbocycles. The van der Waals surface area contributed by atoms with Gasteiger partial charge in [-0.15, -0.1) is 0 Å². The van der Waals surface area contributed by atoms with Gasteiger partial charge in [0.15, 0.2) is 5.58 Å². The second kappa shape index (κ2) is 8.88. The maximum Gasteiger partial charge on any atom is 0.292 e. The first-order valence-corrected chi connectivity index (χ1v) is 11.4. The van der Waals surface area contributed by atoms with E-state index in [1.54, 1.807) is 0 Å². The fraction of sp³-hybridized carbons (Fsp3) is 0.458. The molecule has 0 unspecified atom stereocenters. The SMILES string of the molecule is CCN1CCN(C2CN(/C(C)=C/N=C3C=CC(c4ccc5oc(N)nc5c4)=NC3)C2)CC1. The number of benzene rings is 1. The number of piperazine rings is 1. The standard InChI is InChI=1S/C24H31N7O/c1-3-29-8-10-30(11-9-29)20-15-31(16-20)17(2)13-26-19-5-6-21(27-14-19)18-4-7-23-22(12-18)28-24(25)32-23/h4-7,12-13,20H,3,8-11,14-16H2,1-2H3,(H2,25,28)/b17-13+,26-19?. The molecule has 32 heavy (non-hydrogen) atoms. The highest BCUT2D eigenvalue weighted by Crippen LogP contribution is 2.22. The summed E-state index contributed by atoms with van der Waals surface area (Å²) in [5.74, 6) is 0. The zero-order valence-electron chi connectivity index (χ0n) is 18.9. The minimum absolute atomic E-state index is 0.183. The first kappa shape index (κ1) is 20.9. The van der Waals surface area contributed by atoms with E-state index in [0.717, 1.165) is 35.6 Å². The third-order valence-corrected chi connectivity index (χ3v) is 6.69. The lowest BCUT2D eigenvalue weighted by Crippen LogP contribution is -2.62. The van der Waals surface area contributed by atoms with Gasteiger partial charge in [-0.05, 0) is 43.8 Å². The average Bonchev–Trinajstić information content (AvgIpc) is 3.16. The Balaban J connectivity index is 1.14. The molecule has 0 atom stereocenters. The van der Waals surface area contributed by atoms with E-state index in [9.17, 15) is 0 Å². The maximum atomic E-state index is 5.64. The molecule has 0 bridgehead atoms. The Hall–Kier alpha value is -2.97. The zero-order valence-corrected chi connectivity index (χ0v) is 18.9. The molecule has 0 amide bonds. The van der Waals surface area contributed by atoms with E-state index in [4.69, 9.17) is 15.1 Å². The molecular weight excluding hydrogens is 402 g/mol. The van der Waals surface area contributed by atoms with Gasteiger partial charge in [-0.3, -0.25) is 14.9 Å². The smallest absolute Gasteiger partial charge is 0.292 e. The summed E-state index contributed by atoms with van der Waals surface area (Å²) in [6.45, 7) is 13.1. The zero-order chi connectivity index (χ0) is 22.1. The number of aliphatic imine (C=N–C) groups is 2. The van der Waals surface area contributed by atoms with E-state index in [0.29, 0.717) is 18.2 Å². The molecule has 3 aliphatic heterocycles. The number of rotatable bonds is 5. The number of dihydropyridines is 1. The molecule has 0 saturated carbocycles. The Morgan fingerprint density at radius 3 is 2.75 bits per heavy atom. The van der Waals surface area contributed by atoms with Crippen molar-refractivity contribution in [1.29, 1.82) is 0 Å². The number of nitrogen functional groups attached to an aromatic ring is 1. The van der Waals surface area contributed by atoms with E-state index >= 15 is 0 Å². The van der Waals surface area contributed by atoms with Gasteiger partial charge in [0.05, 0.1) is 18.0 Å². The minimum Gasteiger partial charge on any atom is -0.424 e. The first-order valence-electron chi connectivity index (χ1n) is 11.4. The minimum atomic E-state index is 0.183. The normalized spacial score (nSPS) is 22.6. The Kier molecular flexibility index (Phi) is 5.80. The topological polar surface area (TPSA) is 86.5 Å². The van der Waals surface area contributed by atoms with Crippen LogP contribution < -0.4 is 5.73 Å². The summed E-state index contributed by atoms with van der Waals surface area (Å²) in [6.07, 6.45) is 6.03. The number of likely N-dealkylation sites (tertiary alicyclic amines) is 1. The molecule has 8 nitrogen and oxygen atoms in total. The number of oxazole rings is 1. The molecule has 8 heteroatoms. The van der Waals surface area contributed by atoms with Crippen molar-refractivity contribution in [3.63, 3.8) is 0 Å². The van der Waals surface area contributed by atoms with Crippen molar-refractivity contribution in [2.75, 3.05) is 58.1 Å². The second-order valence-corrected chi connectivity index (χ2v) is 8.69. The van der Waals surface area contributed by atoms with Crippen molar-refractivity contribution in [3.8, 4) is 0 Å². The van der Waals surface area contributed by atoms with Gasteiger partial charge < -0.3 is 20.0 Å². The van der Waals surface area contributed by atoms with Crippen LogP contribution in [0.25, 0.3) is 11.1 Å². The van der Waals surface area contributed by atoms with Crippen LogP contribution >= 0.6 is 0 Å². The summed E-state index contributed by atoms with van der Waals surface area (Å²) in [5.41, 5.74) is 11.2. The molecule has 168 valence electrons.